The molecule has 1 heterocycles. The first kappa shape index (κ1) is 17.8. The number of nitrogens with zero attached hydrogens (tertiary/aromatic N) is 2. The molecule has 0 saturated heterocycles. The molecule has 132 valence electrons. The molecule has 0 aliphatic rings. The number of carbonyl (C=O) groups excluding carboxylic acids is 2. The molecule has 3 rings (SSSR count). The van der Waals surface area contributed by atoms with Crippen molar-refractivity contribution in [1.82, 2.24) is 4.98 Å². The van der Waals surface area contributed by atoms with Crippen molar-refractivity contribution in [2.75, 3.05) is 12.4 Å². The van der Waals surface area contributed by atoms with E-state index in [1.54, 1.807) is 48.7 Å². The Balaban J connectivity index is 1.84. The van der Waals surface area contributed by atoms with Gasteiger partial charge in [0.1, 0.15) is 11.6 Å². The van der Waals surface area contributed by atoms with Crippen LogP contribution in [-0.2, 0) is 9.53 Å². The molecule has 6 heteroatoms. The smallest absolute Gasteiger partial charge is 0.337 e. The number of amides is 1. The maximum atomic E-state index is 12.5. The number of hydrogen-bond donors (Lipinski definition) is 1. The molecule has 1 aromatic heterocycles. The number of anilines is 1. The number of carbonyl (C=O) groups is 2. The Kier molecular flexibility index (Phi) is 5.24. The van der Waals surface area contributed by atoms with E-state index in [-0.39, 0.29) is 5.57 Å². The topological polar surface area (TPSA) is 92.1 Å². The van der Waals surface area contributed by atoms with Crippen molar-refractivity contribution >= 4 is 34.5 Å². The number of aromatic nitrogens is 1. The van der Waals surface area contributed by atoms with Crippen molar-refractivity contribution < 1.29 is 14.3 Å². The van der Waals surface area contributed by atoms with Crippen LogP contribution in [0.15, 0.2) is 66.4 Å². The summed E-state index contributed by atoms with van der Waals surface area (Å²) < 4.78 is 4.64. The normalized spacial score (nSPS) is 10.9. The first-order valence-electron chi connectivity index (χ1n) is 8.07. The fourth-order valence-corrected chi connectivity index (χ4v) is 2.55. The highest BCUT2D eigenvalue weighted by Crippen LogP contribution is 2.22. The molecule has 0 bridgehead atoms. The summed E-state index contributed by atoms with van der Waals surface area (Å²) in [6, 6.07) is 17.3. The van der Waals surface area contributed by atoms with E-state index in [9.17, 15) is 14.9 Å². The SMILES string of the molecule is COC(=O)c1ccc(/C=C(\C#N)C(=O)Nc2cccc3ncccc23)cc1. The predicted octanol–water partition coefficient (Wildman–Crippen LogP) is 3.57. The van der Waals surface area contributed by atoms with Crippen LogP contribution in [0.25, 0.3) is 17.0 Å². The summed E-state index contributed by atoms with van der Waals surface area (Å²) in [6.07, 6.45) is 3.13. The molecule has 6 nitrogen and oxygen atoms in total. The molecule has 0 aliphatic heterocycles. The van der Waals surface area contributed by atoms with Crippen LogP contribution >= 0.6 is 0 Å². The zero-order valence-electron chi connectivity index (χ0n) is 14.5. The van der Waals surface area contributed by atoms with Crippen LogP contribution in [0, 0.1) is 11.3 Å². The maximum absolute atomic E-state index is 12.5. The van der Waals surface area contributed by atoms with Gasteiger partial charge in [-0.2, -0.15) is 5.26 Å². The molecule has 3 aromatic rings. The fraction of sp³-hybridized carbons (Fsp3) is 0.0476. The number of fused-ring (bicyclic) bond motifs is 1. The third kappa shape index (κ3) is 3.99. The number of nitriles is 1. The largest absolute Gasteiger partial charge is 0.465 e. The monoisotopic (exact) mass is 357 g/mol. The highest BCUT2D eigenvalue weighted by Gasteiger charge is 2.12. The fourth-order valence-electron chi connectivity index (χ4n) is 2.55. The first-order valence-corrected chi connectivity index (χ1v) is 8.07. The summed E-state index contributed by atoms with van der Waals surface area (Å²) in [5, 5.41) is 12.9. The van der Waals surface area contributed by atoms with Crippen molar-refractivity contribution in [2.24, 2.45) is 0 Å². The van der Waals surface area contributed by atoms with Crippen molar-refractivity contribution in [3.8, 4) is 6.07 Å². The molecule has 1 amide bonds. The third-order valence-corrected chi connectivity index (χ3v) is 3.90. The van der Waals surface area contributed by atoms with Crippen molar-refractivity contribution in [2.45, 2.75) is 0 Å². The Morgan fingerprint density at radius 3 is 2.59 bits per heavy atom. The summed E-state index contributed by atoms with van der Waals surface area (Å²) in [4.78, 5) is 28.2. The lowest BCUT2D eigenvalue weighted by Gasteiger charge is -2.07. The van der Waals surface area contributed by atoms with Gasteiger partial charge in [-0.3, -0.25) is 9.78 Å². The van der Waals surface area contributed by atoms with Gasteiger partial charge < -0.3 is 10.1 Å². The lowest BCUT2D eigenvalue weighted by atomic mass is 10.1. The van der Waals surface area contributed by atoms with Gasteiger partial charge >= 0.3 is 5.97 Å². The molecular formula is C21H15N3O3. The van der Waals surface area contributed by atoms with Gasteiger partial charge in [-0.05, 0) is 48.0 Å². The summed E-state index contributed by atoms with van der Waals surface area (Å²) in [7, 11) is 1.30. The van der Waals surface area contributed by atoms with Crippen LogP contribution in [-0.4, -0.2) is 24.0 Å². The first-order chi connectivity index (χ1) is 13.1. The molecule has 0 saturated carbocycles. The van der Waals surface area contributed by atoms with E-state index in [0.717, 1.165) is 10.9 Å². The molecule has 0 aliphatic carbocycles. The van der Waals surface area contributed by atoms with E-state index >= 15 is 0 Å². The summed E-state index contributed by atoms with van der Waals surface area (Å²) in [5.41, 5.74) is 2.28. The average molecular weight is 357 g/mol. The quantitative estimate of drug-likeness (QED) is 0.438. The van der Waals surface area contributed by atoms with Gasteiger partial charge in [0, 0.05) is 11.6 Å². The number of nitrogens with one attached hydrogen (secondary N) is 1. The zero-order chi connectivity index (χ0) is 19.2. The molecule has 0 radical (unpaired) electrons. The van der Waals surface area contributed by atoms with E-state index in [1.165, 1.54) is 13.2 Å². The minimum absolute atomic E-state index is 0.0540. The predicted molar refractivity (Wildman–Crippen MR) is 102 cm³/mol. The van der Waals surface area contributed by atoms with Gasteiger partial charge in [-0.15, -0.1) is 0 Å². The van der Waals surface area contributed by atoms with Crippen molar-refractivity contribution in [1.29, 1.82) is 5.26 Å². The minimum Gasteiger partial charge on any atom is -0.465 e. The number of hydrogen-bond acceptors (Lipinski definition) is 5. The van der Waals surface area contributed by atoms with Crippen LogP contribution in [0.2, 0.25) is 0 Å². The highest BCUT2D eigenvalue weighted by atomic mass is 16.5. The van der Waals surface area contributed by atoms with E-state index in [1.807, 2.05) is 18.2 Å². The second-order valence-corrected chi connectivity index (χ2v) is 5.61. The van der Waals surface area contributed by atoms with Gasteiger partial charge in [0.2, 0.25) is 0 Å². The third-order valence-electron chi connectivity index (χ3n) is 3.90. The summed E-state index contributed by atoms with van der Waals surface area (Å²) in [5.74, 6) is -0.973. The number of esters is 1. The van der Waals surface area contributed by atoms with Crippen molar-refractivity contribution in [3.63, 3.8) is 0 Å². The summed E-state index contributed by atoms with van der Waals surface area (Å²) in [6.45, 7) is 0. The molecule has 0 unspecified atom stereocenters. The van der Waals surface area contributed by atoms with Crippen LogP contribution in [0.1, 0.15) is 15.9 Å². The maximum Gasteiger partial charge on any atom is 0.337 e. The van der Waals surface area contributed by atoms with Crippen LogP contribution in [0.5, 0.6) is 0 Å². The second kappa shape index (κ2) is 7.93. The van der Waals surface area contributed by atoms with E-state index < -0.39 is 11.9 Å². The van der Waals surface area contributed by atoms with Crippen LogP contribution in [0.3, 0.4) is 0 Å². The van der Waals surface area contributed by atoms with Gasteiger partial charge in [-0.1, -0.05) is 18.2 Å². The van der Waals surface area contributed by atoms with Crippen molar-refractivity contribution in [3.05, 3.63) is 77.5 Å². The molecule has 2 aromatic carbocycles. The molecule has 0 spiro atoms. The second-order valence-electron chi connectivity index (χ2n) is 5.61. The number of ether oxygens (including phenoxy) is 1. The Bertz CT molecular complexity index is 1070. The number of rotatable bonds is 4. The molecule has 0 fully saturated rings. The standard InChI is InChI=1S/C21H15N3O3/c1-27-21(26)15-9-7-14(8-10-15)12-16(13-22)20(25)24-19-6-2-5-18-17(19)4-3-11-23-18/h2-12H,1H3,(H,24,25)/b16-12+. The molecule has 0 atom stereocenters. The Morgan fingerprint density at radius 2 is 1.89 bits per heavy atom. The van der Waals surface area contributed by atoms with Gasteiger partial charge in [0.05, 0.1) is 23.9 Å². The van der Waals surface area contributed by atoms with E-state index in [4.69, 9.17) is 0 Å². The Labute approximate surface area is 155 Å². The number of benzene rings is 2. The molecule has 1 N–H and O–H groups in total. The minimum atomic E-state index is -0.522. The number of pyridine rings is 1. The van der Waals surface area contributed by atoms with Gasteiger partial charge in [0.15, 0.2) is 0 Å². The Morgan fingerprint density at radius 1 is 1.11 bits per heavy atom. The van der Waals surface area contributed by atoms with E-state index in [2.05, 4.69) is 15.0 Å². The lowest BCUT2D eigenvalue weighted by molar-refractivity contribution is -0.112. The Hall–Kier alpha value is -3.98. The zero-order valence-corrected chi connectivity index (χ0v) is 14.5. The molecule has 27 heavy (non-hydrogen) atoms. The highest BCUT2D eigenvalue weighted by molar-refractivity contribution is 6.12. The number of methoxy groups -OCH3 is 1. The van der Waals surface area contributed by atoms with Crippen LogP contribution < -0.4 is 5.32 Å². The lowest BCUT2D eigenvalue weighted by Crippen LogP contribution is -2.13. The van der Waals surface area contributed by atoms with Gasteiger partial charge in [0.25, 0.3) is 5.91 Å². The van der Waals surface area contributed by atoms with Crippen LogP contribution in [0.4, 0.5) is 5.69 Å². The summed E-state index contributed by atoms with van der Waals surface area (Å²) >= 11 is 0. The molecular weight excluding hydrogens is 342 g/mol. The van der Waals surface area contributed by atoms with Gasteiger partial charge in [-0.25, -0.2) is 4.79 Å². The van der Waals surface area contributed by atoms with E-state index in [0.29, 0.717) is 16.8 Å². The average Bonchev–Trinajstić information content (AvgIpc) is 2.72.